The lowest BCUT2D eigenvalue weighted by Gasteiger charge is -2.15. The van der Waals surface area contributed by atoms with E-state index in [1.165, 1.54) is 12.1 Å². The van der Waals surface area contributed by atoms with Gasteiger partial charge in [0.2, 0.25) is 11.9 Å². The van der Waals surface area contributed by atoms with Crippen molar-refractivity contribution in [3.63, 3.8) is 0 Å². The van der Waals surface area contributed by atoms with Gasteiger partial charge in [-0.3, -0.25) is 9.36 Å². The molecule has 1 heterocycles. The van der Waals surface area contributed by atoms with Crippen LogP contribution >= 0.6 is 0 Å². The number of nitrogens with one attached hydrogen (secondary N) is 1. The Morgan fingerprint density at radius 1 is 1.61 bits per heavy atom. The molecule has 1 aromatic heterocycles. The third-order valence-electron chi connectivity index (χ3n) is 2.80. The molecule has 6 heteroatoms. The van der Waals surface area contributed by atoms with Crippen molar-refractivity contribution in [1.29, 1.82) is 0 Å². The van der Waals surface area contributed by atoms with E-state index in [2.05, 4.69) is 10.3 Å². The van der Waals surface area contributed by atoms with Crippen LogP contribution in [0.15, 0.2) is 18.2 Å². The zero-order chi connectivity index (χ0) is 13.3. The van der Waals surface area contributed by atoms with Crippen LogP contribution in [0.2, 0.25) is 0 Å². The number of fused-ring (bicyclic) bond motifs is 1. The largest absolute Gasteiger partial charge is 0.369 e. The van der Waals surface area contributed by atoms with Crippen LogP contribution in [0.1, 0.15) is 19.9 Å². The lowest BCUT2D eigenvalue weighted by Crippen LogP contribution is -2.31. The van der Waals surface area contributed by atoms with Gasteiger partial charge >= 0.3 is 0 Å². The molecule has 0 spiro atoms. The summed E-state index contributed by atoms with van der Waals surface area (Å²) in [6.45, 7) is 4.12. The highest BCUT2D eigenvalue weighted by Gasteiger charge is 2.19. The molecule has 2 rings (SSSR count). The molecule has 0 radical (unpaired) electrons. The standard InChI is InChI=1S/C12H15FN4O/c1-3-15-11(18)7(2)17-10-5-4-8(13)6-9(10)16-12(17)14/h4-7H,3H2,1-2H3,(H2,14,16)(H,15,18). The van der Waals surface area contributed by atoms with E-state index >= 15 is 0 Å². The van der Waals surface area contributed by atoms with Crippen LogP contribution in [0.5, 0.6) is 0 Å². The zero-order valence-corrected chi connectivity index (χ0v) is 10.3. The molecule has 0 saturated carbocycles. The number of rotatable bonds is 3. The second-order valence-corrected chi connectivity index (χ2v) is 4.04. The molecule has 5 nitrogen and oxygen atoms in total. The van der Waals surface area contributed by atoms with Gasteiger partial charge in [0.25, 0.3) is 0 Å². The molecule has 96 valence electrons. The van der Waals surface area contributed by atoms with Crippen molar-refractivity contribution in [2.45, 2.75) is 19.9 Å². The molecule has 0 fully saturated rings. The molecule has 18 heavy (non-hydrogen) atoms. The van der Waals surface area contributed by atoms with Crippen LogP contribution < -0.4 is 11.1 Å². The van der Waals surface area contributed by atoms with Gasteiger partial charge in [-0.05, 0) is 26.0 Å². The number of amides is 1. The number of imidazole rings is 1. The van der Waals surface area contributed by atoms with Gasteiger partial charge in [-0.2, -0.15) is 0 Å². The molecule has 2 aromatic rings. The first kappa shape index (κ1) is 12.3. The highest BCUT2D eigenvalue weighted by Crippen LogP contribution is 2.23. The number of benzene rings is 1. The van der Waals surface area contributed by atoms with Gasteiger partial charge in [0, 0.05) is 12.6 Å². The molecule has 0 bridgehead atoms. The fourth-order valence-corrected chi connectivity index (χ4v) is 1.94. The van der Waals surface area contributed by atoms with Gasteiger partial charge in [-0.25, -0.2) is 9.37 Å². The molecular weight excluding hydrogens is 235 g/mol. The van der Waals surface area contributed by atoms with Crippen LogP contribution in [-0.4, -0.2) is 22.0 Å². The van der Waals surface area contributed by atoms with Crippen molar-refractivity contribution in [2.75, 3.05) is 12.3 Å². The maximum Gasteiger partial charge on any atom is 0.242 e. The number of hydrogen-bond donors (Lipinski definition) is 2. The summed E-state index contributed by atoms with van der Waals surface area (Å²) in [5.41, 5.74) is 6.88. The minimum absolute atomic E-state index is 0.146. The average molecular weight is 250 g/mol. The number of carbonyl (C=O) groups is 1. The quantitative estimate of drug-likeness (QED) is 0.866. The van der Waals surface area contributed by atoms with Crippen LogP contribution in [-0.2, 0) is 4.79 Å². The predicted molar refractivity (Wildman–Crippen MR) is 67.5 cm³/mol. The Morgan fingerprint density at radius 3 is 3.00 bits per heavy atom. The molecule has 1 unspecified atom stereocenters. The SMILES string of the molecule is CCNC(=O)C(C)n1c(N)nc2cc(F)ccc21. The Balaban J connectivity index is 2.50. The number of hydrogen-bond acceptors (Lipinski definition) is 3. The molecule has 0 aliphatic heterocycles. The Bertz CT molecular complexity index is 593. The van der Waals surface area contributed by atoms with Gasteiger partial charge in [0.1, 0.15) is 11.9 Å². The summed E-state index contributed by atoms with van der Waals surface area (Å²) in [4.78, 5) is 15.9. The van der Waals surface area contributed by atoms with E-state index in [4.69, 9.17) is 5.73 Å². The third kappa shape index (κ3) is 2.01. The summed E-state index contributed by atoms with van der Waals surface area (Å²) in [7, 11) is 0. The topological polar surface area (TPSA) is 72.9 Å². The van der Waals surface area contributed by atoms with Crippen molar-refractivity contribution in [1.82, 2.24) is 14.9 Å². The summed E-state index contributed by atoms with van der Waals surface area (Å²) in [5, 5.41) is 2.72. The second kappa shape index (κ2) is 4.64. The van der Waals surface area contributed by atoms with E-state index < -0.39 is 6.04 Å². The van der Waals surface area contributed by atoms with Crippen molar-refractivity contribution >= 4 is 22.9 Å². The number of nitrogen functional groups attached to an aromatic ring is 1. The first-order valence-corrected chi connectivity index (χ1v) is 5.75. The normalized spacial score (nSPS) is 12.6. The zero-order valence-electron chi connectivity index (χ0n) is 10.3. The first-order chi connectivity index (χ1) is 8.54. The monoisotopic (exact) mass is 250 g/mol. The smallest absolute Gasteiger partial charge is 0.242 e. The number of likely N-dealkylation sites (N-methyl/N-ethyl adjacent to an activating group) is 1. The number of nitrogens with zero attached hydrogens (tertiary/aromatic N) is 2. The molecule has 1 amide bonds. The second-order valence-electron chi connectivity index (χ2n) is 4.04. The highest BCUT2D eigenvalue weighted by molar-refractivity contribution is 5.85. The summed E-state index contributed by atoms with van der Waals surface area (Å²) in [5.74, 6) is -0.319. The lowest BCUT2D eigenvalue weighted by molar-refractivity contribution is -0.123. The molecule has 0 aliphatic carbocycles. The van der Waals surface area contributed by atoms with E-state index in [0.29, 0.717) is 17.6 Å². The Morgan fingerprint density at radius 2 is 2.33 bits per heavy atom. The van der Waals surface area contributed by atoms with E-state index in [1.807, 2.05) is 6.92 Å². The van der Waals surface area contributed by atoms with Crippen molar-refractivity contribution in [3.8, 4) is 0 Å². The van der Waals surface area contributed by atoms with E-state index in [9.17, 15) is 9.18 Å². The Hall–Kier alpha value is -2.11. The van der Waals surface area contributed by atoms with Crippen molar-refractivity contribution < 1.29 is 9.18 Å². The summed E-state index contributed by atoms with van der Waals surface area (Å²) in [6.07, 6.45) is 0. The summed E-state index contributed by atoms with van der Waals surface area (Å²) >= 11 is 0. The number of aromatic nitrogens is 2. The minimum atomic E-state index is -0.486. The molecule has 0 saturated heterocycles. The Labute approximate surface area is 104 Å². The van der Waals surface area contributed by atoms with Gasteiger partial charge in [-0.1, -0.05) is 0 Å². The van der Waals surface area contributed by atoms with Crippen molar-refractivity contribution in [3.05, 3.63) is 24.0 Å². The van der Waals surface area contributed by atoms with Gasteiger partial charge in [0.05, 0.1) is 11.0 Å². The highest BCUT2D eigenvalue weighted by atomic mass is 19.1. The third-order valence-corrected chi connectivity index (χ3v) is 2.80. The van der Waals surface area contributed by atoms with Crippen LogP contribution in [0.4, 0.5) is 10.3 Å². The molecule has 0 aliphatic rings. The molecular formula is C12H15FN4O. The molecule has 1 atom stereocenters. The Kier molecular flexibility index (Phi) is 3.18. The fraction of sp³-hybridized carbons (Fsp3) is 0.333. The molecule has 3 N–H and O–H groups in total. The number of carbonyl (C=O) groups excluding carboxylic acids is 1. The maximum atomic E-state index is 13.1. The van der Waals surface area contributed by atoms with Gasteiger partial charge in [-0.15, -0.1) is 0 Å². The minimum Gasteiger partial charge on any atom is -0.369 e. The van der Waals surface area contributed by atoms with Crippen LogP contribution in [0.3, 0.4) is 0 Å². The van der Waals surface area contributed by atoms with Crippen LogP contribution in [0.25, 0.3) is 11.0 Å². The van der Waals surface area contributed by atoms with Crippen molar-refractivity contribution in [2.24, 2.45) is 0 Å². The lowest BCUT2D eigenvalue weighted by atomic mass is 10.2. The van der Waals surface area contributed by atoms with Gasteiger partial charge in [0.15, 0.2) is 0 Å². The van der Waals surface area contributed by atoms with Gasteiger partial charge < -0.3 is 11.1 Å². The summed E-state index contributed by atoms with van der Waals surface area (Å²) < 4.78 is 14.7. The maximum absolute atomic E-state index is 13.1. The van der Waals surface area contributed by atoms with E-state index in [-0.39, 0.29) is 17.7 Å². The number of anilines is 1. The van der Waals surface area contributed by atoms with E-state index in [1.54, 1.807) is 17.6 Å². The number of halogens is 1. The van der Waals surface area contributed by atoms with E-state index in [0.717, 1.165) is 0 Å². The summed E-state index contributed by atoms with van der Waals surface area (Å²) in [6, 6.07) is 3.71. The first-order valence-electron chi connectivity index (χ1n) is 5.75. The average Bonchev–Trinajstić information content (AvgIpc) is 2.63. The van der Waals surface area contributed by atoms with Crippen LogP contribution in [0, 0.1) is 5.82 Å². The predicted octanol–water partition coefficient (Wildman–Crippen LogP) is 1.45. The number of nitrogens with two attached hydrogens (primary N) is 1. The fourth-order valence-electron chi connectivity index (χ4n) is 1.94. The molecule has 1 aromatic carbocycles.